The average molecular weight is 426 g/mol. The van der Waals surface area contributed by atoms with Gasteiger partial charge in [-0.1, -0.05) is 6.92 Å². The molecule has 3 aromatic rings. The number of aliphatic hydroxyl groups is 1. The van der Waals surface area contributed by atoms with Gasteiger partial charge in [-0.15, -0.1) is 0 Å². The molecule has 0 aromatic carbocycles. The number of rotatable bonds is 8. The molecule has 0 saturated carbocycles. The predicted octanol–water partition coefficient (Wildman–Crippen LogP) is 2.22. The standard InChI is InChI=1S/C22H31N7O2/c1-3-17-15-24-29-20(17)25-22(28-10-6-5-7-18(28)9-12-30)26-21(29)23-14-16-8-11-27(4-2)19(31)13-16/h8,11,13,15,18,30H,3-7,9-10,12,14H2,1-2H3,(H,23,25,26)/t18-/m0/s1. The second kappa shape index (κ2) is 9.47. The number of nitrogens with one attached hydrogen (secondary N) is 1. The summed E-state index contributed by atoms with van der Waals surface area (Å²) < 4.78 is 3.41. The molecular formula is C22H31N7O2. The van der Waals surface area contributed by atoms with Gasteiger partial charge < -0.3 is 19.9 Å². The molecule has 4 rings (SSSR count). The van der Waals surface area contributed by atoms with E-state index in [1.807, 2.05) is 25.4 Å². The summed E-state index contributed by atoms with van der Waals surface area (Å²) in [4.78, 5) is 24.1. The first kappa shape index (κ1) is 21.3. The van der Waals surface area contributed by atoms with Crippen LogP contribution >= 0.6 is 0 Å². The number of hydrogen-bond donors (Lipinski definition) is 2. The molecule has 2 N–H and O–H groups in total. The third kappa shape index (κ3) is 4.41. The van der Waals surface area contributed by atoms with Crippen molar-refractivity contribution in [3.63, 3.8) is 0 Å². The maximum atomic E-state index is 12.2. The van der Waals surface area contributed by atoms with Gasteiger partial charge in [-0.3, -0.25) is 4.79 Å². The highest BCUT2D eigenvalue weighted by Crippen LogP contribution is 2.26. The van der Waals surface area contributed by atoms with Crippen LogP contribution in [0.1, 0.15) is 50.7 Å². The van der Waals surface area contributed by atoms with E-state index in [0.717, 1.165) is 49.0 Å². The Hall–Kier alpha value is -2.94. The summed E-state index contributed by atoms with van der Waals surface area (Å²) in [7, 11) is 0. The number of piperidine rings is 1. The van der Waals surface area contributed by atoms with Crippen LogP contribution in [-0.4, -0.2) is 48.4 Å². The first-order valence-electron chi connectivity index (χ1n) is 11.2. The zero-order valence-electron chi connectivity index (χ0n) is 18.3. The van der Waals surface area contributed by atoms with Gasteiger partial charge in [-0.2, -0.15) is 19.6 Å². The van der Waals surface area contributed by atoms with Crippen molar-refractivity contribution in [3.8, 4) is 0 Å². The van der Waals surface area contributed by atoms with Gasteiger partial charge >= 0.3 is 0 Å². The number of nitrogens with zero attached hydrogens (tertiary/aromatic N) is 6. The van der Waals surface area contributed by atoms with Crippen LogP contribution in [0.3, 0.4) is 0 Å². The second-order valence-electron chi connectivity index (χ2n) is 7.97. The van der Waals surface area contributed by atoms with Gasteiger partial charge in [0, 0.05) is 50.1 Å². The van der Waals surface area contributed by atoms with E-state index in [-0.39, 0.29) is 18.2 Å². The Morgan fingerprint density at radius 1 is 1.26 bits per heavy atom. The number of hydrogen-bond acceptors (Lipinski definition) is 7. The highest BCUT2D eigenvalue weighted by atomic mass is 16.3. The number of fused-ring (bicyclic) bond motifs is 1. The van der Waals surface area contributed by atoms with Gasteiger partial charge in [0.05, 0.1) is 6.20 Å². The lowest BCUT2D eigenvalue weighted by molar-refractivity contribution is 0.261. The molecule has 0 aliphatic carbocycles. The molecule has 0 radical (unpaired) electrons. The molecule has 9 heteroatoms. The molecule has 4 heterocycles. The molecule has 166 valence electrons. The zero-order chi connectivity index (χ0) is 21.8. The fourth-order valence-electron chi connectivity index (χ4n) is 4.22. The third-order valence-electron chi connectivity index (χ3n) is 6.01. The smallest absolute Gasteiger partial charge is 0.250 e. The summed E-state index contributed by atoms with van der Waals surface area (Å²) in [6, 6.07) is 3.83. The molecule has 1 aliphatic rings. The molecular weight excluding hydrogens is 394 g/mol. The summed E-state index contributed by atoms with van der Waals surface area (Å²) in [5, 5.41) is 17.4. The normalized spacial score (nSPS) is 16.7. The van der Waals surface area contributed by atoms with Crippen LogP contribution in [0, 0.1) is 0 Å². The molecule has 0 amide bonds. The lowest BCUT2D eigenvalue weighted by Crippen LogP contribution is -2.41. The van der Waals surface area contributed by atoms with Crippen molar-refractivity contribution in [1.82, 2.24) is 24.1 Å². The largest absolute Gasteiger partial charge is 0.396 e. The Kier molecular flexibility index (Phi) is 6.50. The van der Waals surface area contributed by atoms with E-state index in [9.17, 15) is 9.90 Å². The highest BCUT2D eigenvalue weighted by Gasteiger charge is 2.26. The van der Waals surface area contributed by atoms with Crippen molar-refractivity contribution in [2.75, 3.05) is 23.4 Å². The third-order valence-corrected chi connectivity index (χ3v) is 6.01. The van der Waals surface area contributed by atoms with Crippen molar-refractivity contribution >= 4 is 17.5 Å². The fourth-order valence-corrected chi connectivity index (χ4v) is 4.22. The minimum Gasteiger partial charge on any atom is -0.396 e. The van der Waals surface area contributed by atoms with Crippen LogP contribution in [0.25, 0.3) is 5.65 Å². The molecule has 3 aromatic heterocycles. The second-order valence-corrected chi connectivity index (χ2v) is 7.97. The van der Waals surface area contributed by atoms with Crippen LogP contribution in [0.15, 0.2) is 29.3 Å². The van der Waals surface area contributed by atoms with E-state index < -0.39 is 0 Å². The Morgan fingerprint density at radius 3 is 2.87 bits per heavy atom. The number of pyridine rings is 1. The van der Waals surface area contributed by atoms with Gasteiger partial charge in [-0.25, -0.2) is 0 Å². The maximum absolute atomic E-state index is 12.2. The molecule has 0 unspecified atom stereocenters. The maximum Gasteiger partial charge on any atom is 0.250 e. The quantitative estimate of drug-likeness (QED) is 0.571. The Balaban J connectivity index is 1.67. The molecule has 1 fully saturated rings. The summed E-state index contributed by atoms with van der Waals surface area (Å²) in [6.07, 6.45) is 8.47. The lowest BCUT2D eigenvalue weighted by atomic mass is 10.0. The van der Waals surface area contributed by atoms with E-state index in [1.165, 1.54) is 0 Å². The van der Waals surface area contributed by atoms with E-state index in [4.69, 9.17) is 9.97 Å². The summed E-state index contributed by atoms with van der Waals surface area (Å²) in [6.45, 7) is 6.19. The minimum absolute atomic E-state index is 0.0113. The van der Waals surface area contributed by atoms with Gasteiger partial charge in [0.2, 0.25) is 11.9 Å². The van der Waals surface area contributed by atoms with Gasteiger partial charge in [0.1, 0.15) is 0 Å². The number of aromatic nitrogens is 5. The van der Waals surface area contributed by atoms with E-state index in [1.54, 1.807) is 15.1 Å². The first-order chi connectivity index (χ1) is 15.1. The van der Waals surface area contributed by atoms with E-state index in [2.05, 4.69) is 22.2 Å². The molecule has 0 bridgehead atoms. The van der Waals surface area contributed by atoms with Crippen LogP contribution in [0.5, 0.6) is 0 Å². The van der Waals surface area contributed by atoms with Crippen LogP contribution in [0.4, 0.5) is 11.9 Å². The predicted molar refractivity (Wildman–Crippen MR) is 121 cm³/mol. The van der Waals surface area contributed by atoms with Crippen molar-refractivity contribution in [3.05, 3.63) is 46.0 Å². The minimum atomic E-state index is -0.0113. The Labute approximate surface area is 181 Å². The molecule has 9 nitrogen and oxygen atoms in total. The monoisotopic (exact) mass is 425 g/mol. The summed E-state index contributed by atoms with van der Waals surface area (Å²) >= 11 is 0. The van der Waals surface area contributed by atoms with Gasteiger partial charge in [0.25, 0.3) is 5.56 Å². The molecule has 31 heavy (non-hydrogen) atoms. The van der Waals surface area contributed by atoms with Crippen molar-refractivity contribution in [2.24, 2.45) is 0 Å². The number of anilines is 2. The van der Waals surface area contributed by atoms with Crippen LogP contribution in [0.2, 0.25) is 0 Å². The van der Waals surface area contributed by atoms with Crippen molar-refractivity contribution in [2.45, 2.75) is 65.1 Å². The first-order valence-corrected chi connectivity index (χ1v) is 11.2. The van der Waals surface area contributed by atoms with E-state index in [0.29, 0.717) is 31.4 Å². The Morgan fingerprint density at radius 2 is 2.13 bits per heavy atom. The van der Waals surface area contributed by atoms with Crippen molar-refractivity contribution < 1.29 is 5.11 Å². The Bertz CT molecular complexity index is 1090. The topological polar surface area (TPSA) is 101 Å². The molecule has 1 aliphatic heterocycles. The zero-order valence-corrected chi connectivity index (χ0v) is 18.3. The lowest BCUT2D eigenvalue weighted by Gasteiger charge is -2.35. The summed E-state index contributed by atoms with van der Waals surface area (Å²) in [5.74, 6) is 1.28. The average Bonchev–Trinajstić information content (AvgIpc) is 3.21. The number of aliphatic hydroxyl groups excluding tert-OH is 1. The van der Waals surface area contributed by atoms with Gasteiger partial charge in [0.15, 0.2) is 5.65 Å². The fraction of sp³-hybridized carbons (Fsp3) is 0.545. The number of aryl methyl sites for hydroxylation is 2. The molecule has 1 saturated heterocycles. The van der Waals surface area contributed by atoms with E-state index >= 15 is 0 Å². The van der Waals surface area contributed by atoms with Crippen LogP contribution < -0.4 is 15.8 Å². The van der Waals surface area contributed by atoms with Crippen molar-refractivity contribution in [1.29, 1.82) is 0 Å². The molecule has 1 atom stereocenters. The summed E-state index contributed by atoms with van der Waals surface area (Å²) in [5.41, 5.74) is 2.74. The highest BCUT2D eigenvalue weighted by molar-refractivity contribution is 5.55. The van der Waals surface area contributed by atoms with Gasteiger partial charge in [-0.05, 0) is 50.7 Å². The van der Waals surface area contributed by atoms with Crippen LogP contribution in [-0.2, 0) is 19.5 Å². The molecule has 0 spiro atoms. The SMILES string of the molecule is CCc1cnn2c(NCc3ccn(CC)c(=O)c3)nc(N3CCCC[C@H]3CCO)nc12.